The topological polar surface area (TPSA) is 37.3 Å². The minimum Gasteiger partial charge on any atom is -0.481 e. The van der Waals surface area contributed by atoms with Crippen LogP contribution in [-0.2, 0) is 11.2 Å². The van der Waals surface area contributed by atoms with E-state index in [4.69, 9.17) is 5.11 Å². The summed E-state index contributed by atoms with van der Waals surface area (Å²) in [5.74, 6) is -1.09. The van der Waals surface area contributed by atoms with Gasteiger partial charge in [-0.05, 0) is 30.4 Å². The molecule has 0 unspecified atom stereocenters. The number of carboxylic acids is 1. The summed E-state index contributed by atoms with van der Waals surface area (Å²) in [5.41, 5.74) is 0.859. The van der Waals surface area contributed by atoms with Crippen molar-refractivity contribution in [1.29, 1.82) is 0 Å². The van der Waals surface area contributed by atoms with Crippen LogP contribution in [0.25, 0.3) is 0 Å². The van der Waals surface area contributed by atoms with Crippen LogP contribution >= 0.6 is 11.8 Å². The fourth-order valence-electron chi connectivity index (χ4n) is 1.11. The highest BCUT2D eigenvalue weighted by molar-refractivity contribution is 7.98. The monoisotopic (exact) mass is 214 g/mol. The Morgan fingerprint density at radius 2 is 2.29 bits per heavy atom. The fraction of sp³-hybridized carbons (Fsp3) is 0.300. The first kappa shape index (κ1) is 11.0. The molecule has 1 rings (SSSR count). The van der Waals surface area contributed by atoms with Crippen LogP contribution in [0.2, 0.25) is 0 Å². The molecule has 0 fully saturated rings. The highest BCUT2D eigenvalue weighted by Crippen LogP contribution is 2.20. The molecule has 0 spiro atoms. The number of halogens is 1. The Morgan fingerprint density at radius 1 is 1.57 bits per heavy atom. The number of aliphatic carboxylic acids is 1. The molecule has 14 heavy (non-hydrogen) atoms. The molecular formula is C10H11FO2S. The molecule has 1 aromatic carbocycles. The van der Waals surface area contributed by atoms with Crippen LogP contribution in [0.5, 0.6) is 0 Å². The lowest BCUT2D eigenvalue weighted by atomic mass is 10.1. The van der Waals surface area contributed by atoms with Crippen molar-refractivity contribution in [3.8, 4) is 0 Å². The van der Waals surface area contributed by atoms with Crippen molar-refractivity contribution in [3.05, 3.63) is 29.6 Å². The van der Waals surface area contributed by atoms with Crippen molar-refractivity contribution in [2.75, 3.05) is 6.26 Å². The second kappa shape index (κ2) is 5.00. The highest BCUT2D eigenvalue weighted by Gasteiger charge is 2.04. The predicted octanol–water partition coefficient (Wildman–Crippen LogP) is 2.56. The first-order chi connectivity index (χ1) is 6.63. The molecule has 0 saturated heterocycles. The quantitative estimate of drug-likeness (QED) is 0.783. The van der Waals surface area contributed by atoms with Crippen molar-refractivity contribution in [2.45, 2.75) is 17.7 Å². The lowest BCUT2D eigenvalue weighted by Crippen LogP contribution is -1.97. The summed E-state index contributed by atoms with van der Waals surface area (Å²) in [6, 6.07) is 4.70. The summed E-state index contributed by atoms with van der Waals surface area (Å²) in [6.45, 7) is 0. The summed E-state index contributed by atoms with van der Waals surface area (Å²) in [6.07, 6.45) is 2.32. The average molecular weight is 214 g/mol. The summed E-state index contributed by atoms with van der Waals surface area (Å²) < 4.78 is 13.0. The van der Waals surface area contributed by atoms with Crippen molar-refractivity contribution < 1.29 is 14.3 Å². The van der Waals surface area contributed by atoms with Gasteiger partial charge in [0, 0.05) is 11.3 Å². The van der Waals surface area contributed by atoms with Gasteiger partial charge in [-0.15, -0.1) is 11.8 Å². The van der Waals surface area contributed by atoms with Gasteiger partial charge in [-0.1, -0.05) is 6.07 Å². The summed E-state index contributed by atoms with van der Waals surface area (Å²) >= 11 is 1.32. The maximum atomic E-state index is 13.0. The minimum atomic E-state index is -0.833. The number of hydrogen-bond acceptors (Lipinski definition) is 2. The van der Waals surface area contributed by atoms with Gasteiger partial charge in [-0.25, -0.2) is 4.39 Å². The van der Waals surface area contributed by atoms with Gasteiger partial charge in [0.05, 0.1) is 0 Å². The lowest BCUT2D eigenvalue weighted by Gasteiger charge is -2.02. The van der Waals surface area contributed by atoms with Gasteiger partial charge in [0.1, 0.15) is 5.82 Å². The van der Waals surface area contributed by atoms with Crippen LogP contribution in [0.4, 0.5) is 4.39 Å². The first-order valence-electron chi connectivity index (χ1n) is 4.17. The molecule has 1 aromatic rings. The number of thioether (sulfide) groups is 1. The molecule has 0 aliphatic carbocycles. The zero-order valence-corrected chi connectivity index (χ0v) is 8.60. The SMILES string of the molecule is CSc1cc(CCC(=O)O)ccc1F. The van der Waals surface area contributed by atoms with Crippen LogP contribution in [0.3, 0.4) is 0 Å². The van der Waals surface area contributed by atoms with Crippen LogP contribution in [0, 0.1) is 5.82 Å². The van der Waals surface area contributed by atoms with Gasteiger partial charge in [-0.2, -0.15) is 0 Å². The molecule has 4 heteroatoms. The molecule has 0 radical (unpaired) electrons. The third-order valence-corrected chi connectivity index (χ3v) is 2.60. The van der Waals surface area contributed by atoms with Crippen LogP contribution in [0.15, 0.2) is 23.1 Å². The first-order valence-corrected chi connectivity index (χ1v) is 5.40. The smallest absolute Gasteiger partial charge is 0.303 e. The van der Waals surface area contributed by atoms with Gasteiger partial charge < -0.3 is 5.11 Å². The number of carbonyl (C=O) groups is 1. The van der Waals surface area contributed by atoms with Gasteiger partial charge in [0.2, 0.25) is 0 Å². The Kier molecular flexibility index (Phi) is 3.95. The van der Waals surface area contributed by atoms with E-state index in [2.05, 4.69) is 0 Å². The Balaban J connectivity index is 2.74. The van der Waals surface area contributed by atoms with E-state index in [0.29, 0.717) is 11.3 Å². The number of carboxylic acid groups (broad SMARTS) is 1. The van der Waals surface area contributed by atoms with Gasteiger partial charge in [0.25, 0.3) is 0 Å². The largest absolute Gasteiger partial charge is 0.481 e. The van der Waals surface area contributed by atoms with Crippen molar-refractivity contribution in [3.63, 3.8) is 0 Å². The Morgan fingerprint density at radius 3 is 2.86 bits per heavy atom. The molecule has 76 valence electrons. The molecule has 0 heterocycles. The Bertz CT molecular complexity index is 339. The molecule has 0 aromatic heterocycles. The fourth-order valence-corrected chi connectivity index (χ4v) is 1.64. The minimum absolute atomic E-state index is 0.0828. The highest BCUT2D eigenvalue weighted by atomic mass is 32.2. The summed E-state index contributed by atoms with van der Waals surface area (Å²) in [4.78, 5) is 10.9. The van der Waals surface area contributed by atoms with Crippen LogP contribution < -0.4 is 0 Å². The molecule has 0 amide bonds. The maximum Gasteiger partial charge on any atom is 0.303 e. The molecule has 0 aliphatic rings. The zero-order valence-electron chi connectivity index (χ0n) is 7.79. The second-order valence-electron chi connectivity index (χ2n) is 2.86. The van der Waals surface area contributed by atoms with Crippen LogP contribution in [0.1, 0.15) is 12.0 Å². The normalized spacial score (nSPS) is 10.1. The number of hydrogen-bond donors (Lipinski definition) is 1. The van der Waals surface area contributed by atoms with Gasteiger partial charge >= 0.3 is 5.97 Å². The molecule has 1 N–H and O–H groups in total. The Hall–Kier alpha value is -1.03. The zero-order chi connectivity index (χ0) is 10.6. The molecule has 2 nitrogen and oxygen atoms in total. The maximum absolute atomic E-state index is 13.0. The second-order valence-corrected chi connectivity index (χ2v) is 3.71. The number of aryl methyl sites for hydroxylation is 1. The average Bonchev–Trinajstić information content (AvgIpc) is 2.16. The van der Waals surface area contributed by atoms with E-state index in [9.17, 15) is 9.18 Å². The van der Waals surface area contributed by atoms with E-state index in [0.717, 1.165) is 5.56 Å². The Labute approximate surface area is 86.1 Å². The van der Waals surface area contributed by atoms with Gasteiger partial charge in [-0.3, -0.25) is 4.79 Å². The summed E-state index contributed by atoms with van der Waals surface area (Å²) in [7, 11) is 0. The molecule has 0 bridgehead atoms. The summed E-state index contributed by atoms with van der Waals surface area (Å²) in [5, 5.41) is 8.48. The molecule has 0 aliphatic heterocycles. The third kappa shape index (κ3) is 3.03. The van der Waals surface area contributed by atoms with E-state index in [-0.39, 0.29) is 12.2 Å². The molecular weight excluding hydrogens is 203 g/mol. The van der Waals surface area contributed by atoms with E-state index in [1.165, 1.54) is 17.8 Å². The standard InChI is InChI=1S/C10H11FO2S/c1-14-9-6-7(2-4-8(9)11)3-5-10(12)13/h2,4,6H,3,5H2,1H3,(H,12,13). The predicted molar refractivity (Wildman–Crippen MR) is 54.1 cm³/mol. The number of rotatable bonds is 4. The molecule has 0 atom stereocenters. The van der Waals surface area contributed by atoms with E-state index in [1.54, 1.807) is 18.4 Å². The van der Waals surface area contributed by atoms with Gasteiger partial charge in [0.15, 0.2) is 0 Å². The van der Waals surface area contributed by atoms with Crippen molar-refractivity contribution >= 4 is 17.7 Å². The number of benzene rings is 1. The third-order valence-electron chi connectivity index (χ3n) is 1.84. The lowest BCUT2D eigenvalue weighted by molar-refractivity contribution is -0.136. The van der Waals surface area contributed by atoms with E-state index < -0.39 is 5.97 Å². The van der Waals surface area contributed by atoms with Crippen molar-refractivity contribution in [2.24, 2.45) is 0 Å². The van der Waals surface area contributed by atoms with Crippen LogP contribution in [-0.4, -0.2) is 17.3 Å². The molecule has 0 saturated carbocycles. The van der Waals surface area contributed by atoms with Crippen molar-refractivity contribution in [1.82, 2.24) is 0 Å². The van der Waals surface area contributed by atoms with E-state index in [1.807, 2.05) is 0 Å². The van der Waals surface area contributed by atoms with E-state index >= 15 is 0 Å².